The Morgan fingerprint density at radius 1 is 1.30 bits per heavy atom. The molecule has 1 aliphatic heterocycles. The van der Waals surface area contributed by atoms with Crippen LogP contribution in [0.25, 0.3) is 11.3 Å². The van der Waals surface area contributed by atoms with Gasteiger partial charge in [0.25, 0.3) is 5.91 Å². The van der Waals surface area contributed by atoms with Crippen molar-refractivity contribution in [1.29, 1.82) is 0 Å². The average Bonchev–Trinajstić information content (AvgIpc) is 3.18. The van der Waals surface area contributed by atoms with Crippen molar-refractivity contribution in [3.05, 3.63) is 42.1 Å². The van der Waals surface area contributed by atoms with Crippen LogP contribution in [-0.2, 0) is 0 Å². The molecule has 0 atom stereocenters. The molecule has 1 aliphatic rings. The van der Waals surface area contributed by atoms with Crippen molar-refractivity contribution in [3.8, 4) is 11.3 Å². The van der Waals surface area contributed by atoms with Crippen LogP contribution >= 0.6 is 0 Å². The highest BCUT2D eigenvalue weighted by atomic mass is 16.5. The molecule has 1 saturated heterocycles. The summed E-state index contributed by atoms with van der Waals surface area (Å²) in [6.45, 7) is 2.27. The van der Waals surface area contributed by atoms with Crippen LogP contribution in [0.1, 0.15) is 10.5 Å². The van der Waals surface area contributed by atoms with E-state index in [9.17, 15) is 9.59 Å². The molecule has 0 unspecified atom stereocenters. The quantitative estimate of drug-likeness (QED) is 0.906. The number of carbonyl (C=O) groups excluding carboxylic acids is 2. The number of amides is 3. The summed E-state index contributed by atoms with van der Waals surface area (Å²) in [5.41, 5.74) is 1.10. The van der Waals surface area contributed by atoms with Gasteiger partial charge in [0.15, 0.2) is 11.5 Å². The van der Waals surface area contributed by atoms with E-state index in [-0.39, 0.29) is 17.6 Å². The van der Waals surface area contributed by atoms with Crippen LogP contribution in [0.15, 0.2) is 40.9 Å². The van der Waals surface area contributed by atoms with Gasteiger partial charge in [0.05, 0.1) is 0 Å². The van der Waals surface area contributed by atoms with E-state index in [1.807, 2.05) is 30.3 Å². The highest BCUT2D eigenvalue weighted by molar-refractivity contribution is 5.93. The first-order valence-corrected chi connectivity index (χ1v) is 7.45. The predicted molar refractivity (Wildman–Crippen MR) is 83.9 cm³/mol. The molecular formula is C16H18N4O3. The second kappa shape index (κ2) is 6.51. The minimum atomic E-state index is -0.309. The zero-order chi connectivity index (χ0) is 16.2. The number of likely N-dealkylation sites (N-methyl/N-ethyl adjacent to an activating group) is 1. The molecule has 0 aliphatic carbocycles. The number of aromatic nitrogens is 1. The Balaban J connectivity index is 1.53. The van der Waals surface area contributed by atoms with Crippen LogP contribution in [0, 0.1) is 0 Å². The maximum Gasteiger partial charge on any atom is 0.319 e. The molecule has 3 rings (SSSR count). The lowest BCUT2D eigenvalue weighted by atomic mass is 10.1. The molecule has 3 amide bonds. The van der Waals surface area contributed by atoms with Crippen LogP contribution < -0.4 is 5.32 Å². The van der Waals surface area contributed by atoms with Crippen LogP contribution in [0.5, 0.6) is 0 Å². The minimum Gasteiger partial charge on any atom is -0.355 e. The van der Waals surface area contributed by atoms with Gasteiger partial charge in [0.1, 0.15) is 0 Å². The molecule has 7 nitrogen and oxygen atoms in total. The van der Waals surface area contributed by atoms with Crippen molar-refractivity contribution >= 4 is 11.9 Å². The zero-order valence-corrected chi connectivity index (χ0v) is 12.9. The number of carbonyl (C=O) groups is 2. The highest BCUT2D eigenvalue weighted by Gasteiger charge is 2.24. The zero-order valence-electron chi connectivity index (χ0n) is 12.9. The fourth-order valence-electron chi connectivity index (χ4n) is 2.43. The Morgan fingerprint density at radius 2 is 2.09 bits per heavy atom. The first-order chi connectivity index (χ1) is 11.1. The molecule has 2 heterocycles. The third kappa shape index (κ3) is 3.33. The standard InChI is InChI=1S/C16H18N4O3/c1-19-9-10-20(16(19)22)8-7-17-15(21)13-11-14(23-18-13)12-5-3-2-4-6-12/h2-6,11H,7-10H2,1H3,(H,17,21). The molecule has 1 aromatic carbocycles. The summed E-state index contributed by atoms with van der Waals surface area (Å²) in [6, 6.07) is 11.1. The van der Waals surface area contributed by atoms with Crippen LogP contribution in [0.2, 0.25) is 0 Å². The lowest BCUT2D eigenvalue weighted by Gasteiger charge is -2.15. The maximum atomic E-state index is 12.1. The maximum absolute atomic E-state index is 12.1. The molecule has 1 fully saturated rings. The molecule has 7 heteroatoms. The fraction of sp³-hybridized carbons (Fsp3) is 0.312. The number of nitrogens with zero attached hydrogens (tertiary/aromatic N) is 3. The van der Waals surface area contributed by atoms with Gasteiger partial charge < -0.3 is 19.6 Å². The van der Waals surface area contributed by atoms with Gasteiger partial charge in [-0.3, -0.25) is 4.79 Å². The number of hydrogen-bond acceptors (Lipinski definition) is 4. The van der Waals surface area contributed by atoms with Gasteiger partial charge in [0.2, 0.25) is 0 Å². The van der Waals surface area contributed by atoms with E-state index in [0.29, 0.717) is 25.4 Å². The monoisotopic (exact) mass is 314 g/mol. The van der Waals surface area contributed by atoms with Gasteiger partial charge in [-0.1, -0.05) is 35.5 Å². The van der Waals surface area contributed by atoms with Crippen molar-refractivity contribution in [2.75, 3.05) is 33.2 Å². The van der Waals surface area contributed by atoms with E-state index in [2.05, 4.69) is 10.5 Å². The van der Waals surface area contributed by atoms with Gasteiger partial charge in [-0.2, -0.15) is 0 Å². The van der Waals surface area contributed by atoms with Gasteiger partial charge in [0, 0.05) is 44.9 Å². The molecule has 1 N–H and O–H groups in total. The summed E-state index contributed by atoms with van der Waals surface area (Å²) in [6.07, 6.45) is 0. The van der Waals surface area contributed by atoms with E-state index in [1.165, 1.54) is 0 Å². The van der Waals surface area contributed by atoms with Crippen molar-refractivity contribution < 1.29 is 14.1 Å². The van der Waals surface area contributed by atoms with Crippen molar-refractivity contribution in [3.63, 3.8) is 0 Å². The lowest BCUT2D eigenvalue weighted by molar-refractivity contribution is 0.0941. The van der Waals surface area contributed by atoms with Gasteiger partial charge in [-0.25, -0.2) is 4.79 Å². The molecule has 1 aromatic heterocycles. The molecule has 120 valence electrons. The molecule has 2 aromatic rings. The highest BCUT2D eigenvalue weighted by Crippen LogP contribution is 2.19. The van der Waals surface area contributed by atoms with Gasteiger partial charge in [-0.05, 0) is 0 Å². The van der Waals surface area contributed by atoms with Gasteiger partial charge >= 0.3 is 6.03 Å². The Morgan fingerprint density at radius 3 is 2.78 bits per heavy atom. The van der Waals surface area contributed by atoms with Crippen molar-refractivity contribution in [1.82, 2.24) is 20.3 Å². The summed E-state index contributed by atoms with van der Waals surface area (Å²) in [7, 11) is 1.77. The largest absolute Gasteiger partial charge is 0.355 e. The van der Waals surface area contributed by atoms with E-state index < -0.39 is 0 Å². The molecule has 0 saturated carbocycles. The van der Waals surface area contributed by atoms with Crippen LogP contribution in [-0.4, -0.2) is 60.1 Å². The first-order valence-electron chi connectivity index (χ1n) is 7.45. The molecule has 0 bridgehead atoms. The number of benzene rings is 1. The van der Waals surface area contributed by atoms with Crippen LogP contribution in [0.4, 0.5) is 4.79 Å². The molecule has 0 spiro atoms. The molecular weight excluding hydrogens is 296 g/mol. The Bertz CT molecular complexity index is 698. The Labute approximate surface area is 133 Å². The van der Waals surface area contributed by atoms with E-state index in [0.717, 1.165) is 12.1 Å². The summed E-state index contributed by atoms with van der Waals surface area (Å²) in [4.78, 5) is 27.1. The number of urea groups is 1. The van der Waals surface area contributed by atoms with E-state index >= 15 is 0 Å². The van der Waals surface area contributed by atoms with E-state index in [1.54, 1.807) is 22.9 Å². The SMILES string of the molecule is CN1CCN(CCNC(=O)c2cc(-c3ccccc3)on2)C1=O. The average molecular weight is 314 g/mol. The topological polar surface area (TPSA) is 78.7 Å². The predicted octanol–water partition coefficient (Wildman–Crippen LogP) is 1.44. The number of rotatable bonds is 5. The van der Waals surface area contributed by atoms with E-state index in [4.69, 9.17) is 4.52 Å². The summed E-state index contributed by atoms with van der Waals surface area (Å²) in [5.74, 6) is 0.239. The smallest absolute Gasteiger partial charge is 0.319 e. The Hall–Kier alpha value is -2.83. The third-order valence-corrected chi connectivity index (χ3v) is 3.77. The summed E-state index contributed by atoms with van der Waals surface area (Å²) in [5, 5.41) is 6.55. The summed E-state index contributed by atoms with van der Waals surface area (Å²) >= 11 is 0. The normalized spacial score (nSPS) is 14.4. The van der Waals surface area contributed by atoms with Gasteiger partial charge in [-0.15, -0.1) is 0 Å². The lowest BCUT2D eigenvalue weighted by Crippen LogP contribution is -2.37. The molecule has 0 radical (unpaired) electrons. The van der Waals surface area contributed by atoms with Crippen LogP contribution in [0.3, 0.4) is 0 Å². The second-order valence-corrected chi connectivity index (χ2v) is 5.39. The first kappa shape index (κ1) is 15.1. The summed E-state index contributed by atoms with van der Waals surface area (Å²) < 4.78 is 5.20. The Kier molecular flexibility index (Phi) is 4.27. The number of hydrogen-bond donors (Lipinski definition) is 1. The van der Waals surface area contributed by atoms with Crippen molar-refractivity contribution in [2.24, 2.45) is 0 Å². The third-order valence-electron chi connectivity index (χ3n) is 3.77. The minimum absolute atomic E-state index is 0.00736. The van der Waals surface area contributed by atoms with Crippen molar-refractivity contribution in [2.45, 2.75) is 0 Å². The molecule has 23 heavy (non-hydrogen) atoms. The number of nitrogens with one attached hydrogen (secondary N) is 1. The second-order valence-electron chi connectivity index (χ2n) is 5.39. The fourth-order valence-corrected chi connectivity index (χ4v) is 2.43.